The van der Waals surface area contributed by atoms with Gasteiger partial charge in [-0.1, -0.05) is 12.1 Å². The molecule has 3 rings (SSSR count). The van der Waals surface area contributed by atoms with Crippen molar-refractivity contribution >= 4 is 27.5 Å². The third kappa shape index (κ3) is 2.06. The van der Waals surface area contributed by atoms with Gasteiger partial charge in [0.05, 0.1) is 17.3 Å². The normalized spacial score (nSPS) is 10.6. The van der Waals surface area contributed by atoms with Gasteiger partial charge in [0.25, 0.3) is 0 Å². The maximum atomic E-state index is 11.7. The molecule has 0 saturated heterocycles. The zero-order chi connectivity index (χ0) is 13.2. The van der Waals surface area contributed by atoms with Gasteiger partial charge in [0, 0.05) is 12.4 Å². The second-order valence-corrected chi connectivity index (χ2v) is 4.76. The molecule has 1 aromatic carbocycles. The van der Waals surface area contributed by atoms with Crippen LogP contribution in [-0.2, 0) is 4.74 Å². The van der Waals surface area contributed by atoms with Gasteiger partial charge in [0.2, 0.25) is 0 Å². The SMILES string of the molecule is COC(=O)c1nccnc1-c1nc2ccccc2s1. The third-order valence-electron chi connectivity index (χ3n) is 2.57. The van der Waals surface area contributed by atoms with E-state index in [-0.39, 0.29) is 5.69 Å². The van der Waals surface area contributed by atoms with Gasteiger partial charge in [-0.25, -0.2) is 19.7 Å². The Labute approximate surface area is 112 Å². The first-order valence-corrected chi connectivity index (χ1v) is 6.36. The van der Waals surface area contributed by atoms with E-state index in [1.807, 2.05) is 24.3 Å². The van der Waals surface area contributed by atoms with Crippen LogP contribution in [0.4, 0.5) is 0 Å². The number of esters is 1. The molecule has 3 aromatic rings. The van der Waals surface area contributed by atoms with Gasteiger partial charge < -0.3 is 4.74 Å². The van der Waals surface area contributed by atoms with Gasteiger partial charge in [-0.3, -0.25) is 0 Å². The van der Waals surface area contributed by atoms with Crippen LogP contribution in [0, 0.1) is 0 Å². The number of ether oxygens (including phenoxy) is 1. The molecule has 0 aliphatic carbocycles. The fraction of sp³-hybridized carbons (Fsp3) is 0.0769. The molecule has 0 atom stereocenters. The second-order valence-electron chi connectivity index (χ2n) is 3.73. The minimum absolute atomic E-state index is 0.184. The highest BCUT2D eigenvalue weighted by molar-refractivity contribution is 7.21. The van der Waals surface area contributed by atoms with Crippen molar-refractivity contribution in [2.24, 2.45) is 0 Å². The number of hydrogen-bond acceptors (Lipinski definition) is 6. The van der Waals surface area contributed by atoms with E-state index in [0.29, 0.717) is 10.7 Å². The van der Waals surface area contributed by atoms with Crippen LogP contribution in [0.1, 0.15) is 10.5 Å². The highest BCUT2D eigenvalue weighted by Crippen LogP contribution is 2.30. The number of methoxy groups -OCH3 is 1. The molecule has 0 amide bonds. The summed E-state index contributed by atoms with van der Waals surface area (Å²) in [7, 11) is 1.32. The highest BCUT2D eigenvalue weighted by Gasteiger charge is 2.18. The summed E-state index contributed by atoms with van der Waals surface area (Å²) in [6.07, 6.45) is 3.00. The van der Waals surface area contributed by atoms with E-state index in [4.69, 9.17) is 4.74 Å². The van der Waals surface area contributed by atoms with Gasteiger partial charge in [-0.05, 0) is 12.1 Å². The van der Waals surface area contributed by atoms with Crippen molar-refractivity contribution in [1.82, 2.24) is 15.0 Å². The van der Waals surface area contributed by atoms with Crippen molar-refractivity contribution in [3.8, 4) is 10.7 Å². The molecule has 6 heteroatoms. The molecule has 0 fully saturated rings. The molecule has 0 saturated carbocycles. The third-order valence-corrected chi connectivity index (χ3v) is 3.62. The number of hydrogen-bond donors (Lipinski definition) is 0. The first-order valence-electron chi connectivity index (χ1n) is 5.55. The summed E-state index contributed by atoms with van der Waals surface area (Å²) in [6, 6.07) is 7.76. The average Bonchev–Trinajstić information content (AvgIpc) is 2.90. The fourth-order valence-corrected chi connectivity index (χ4v) is 2.68. The molecular formula is C13H9N3O2S. The van der Waals surface area contributed by atoms with Crippen LogP contribution in [-0.4, -0.2) is 28.0 Å². The lowest BCUT2D eigenvalue weighted by Crippen LogP contribution is -2.07. The van der Waals surface area contributed by atoms with Gasteiger partial charge in [0.1, 0.15) is 10.7 Å². The first-order chi connectivity index (χ1) is 9.29. The van der Waals surface area contributed by atoms with Crippen molar-refractivity contribution in [2.45, 2.75) is 0 Å². The number of para-hydroxylation sites is 1. The molecule has 2 aromatic heterocycles. The Hall–Kier alpha value is -2.34. The predicted molar refractivity (Wildman–Crippen MR) is 72.0 cm³/mol. The second kappa shape index (κ2) is 4.74. The van der Waals surface area contributed by atoms with Crippen molar-refractivity contribution in [1.29, 1.82) is 0 Å². The Morgan fingerprint density at radius 2 is 2.00 bits per heavy atom. The Morgan fingerprint density at radius 3 is 2.79 bits per heavy atom. The summed E-state index contributed by atoms with van der Waals surface area (Å²) >= 11 is 1.47. The maximum Gasteiger partial charge on any atom is 0.359 e. The zero-order valence-electron chi connectivity index (χ0n) is 10.0. The summed E-state index contributed by atoms with van der Waals surface area (Å²) in [6.45, 7) is 0. The van der Waals surface area contributed by atoms with E-state index in [1.165, 1.54) is 30.8 Å². The molecule has 0 aliphatic rings. The lowest BCUT2D eigenvalue weighted by Gasteiger charge is -2.01. The number of thiazole rings is 1. The van der Waals surface area contributed by atoms with E-state index in [9.17, 15) is 4.79 Å². The number of carbonyl (C=O) groups is 1. The topological polar surface area (TPSA) is 65.0 Å². The Kier molecular flexibility index (Phi) is 2.92. The number of carbonyl (C=O) groups excluding carboxylic acids is 1. The smallest absolute Gasteiger partial charge is 0.359 e. The van der Waals surface area contributed by atoms with Gasteiger partial charge in [-0.15, -0.1) is 11.3 Å². The summed E-state index contributed by atoms with van der Waals surface area (Å²) in [4.78, 5) is 24.4. The molecular weight excluding hydrogens is 262 g/mol. The minimum Gasteiger partial charge on any atom is -0.464 e. The van der Waals surface area contributed by atoms with Crippen LogP contribution >= 0.6 is 11.3 Å². The summed E-state index contributed by atoms with van der Waals surface area (Å²) in [5, 5.41) is 0.662. The number of rotatable bonds is 2. The Balaban J connectivity index is 2.18. The largest absolute Gasteiger partial charge is 0.464 e. The molecule has 19 heavy (non-hydrogen) atoms. The first kappa shape index (κ1) is 11.7. The van der Waals surface area contributed by atoms with Crippen LogP contribution in [0.2, 0.25) is 0 Å². The molecule has 0 aliphatic heterocycles. The van der Waals surface area contributed by atoms with Crippen LogP contribution in [0.15, 0.2) is 36.7 Å². The molecule has 94 valence electrons. The summed E-state index contributed by atoms with van der Waals surface area (Å²) in [5.74, 6) is -0.512. The summed E-state index contributed by atoms with van der Waals surface area (Å²) < 4.78 is 5.75. The highest BCUT2D eigenvalue weighted by atomic mass is 32.1. The Morgan fingerprint density at radius 1 is 1.21 bits per heavy atom. The lowest BCUT2D eigenvalue weighted by molar-refractivity contribution is 0.0594. The van der Waals surface area contributed by atoms with Crippen LogP contribution in [0.3, 0.4) is 0 Å². The molecule has 2 heterocycles. The Bertz CT molecular complexity index is 721. The summed E-state index contributed by atoms with van der Waals surface area (Å²) in [5.41, 5.74) is 1.52. The number of fused-ring (bicyclic) bond motifs is 1. The predicted octanol–water partition coefficient (Wildman–Crippen LogP) is 2.54. The molecule has 5 nitrogen and oxygen atoms in total. The molecule has 0 bridgehead atoms. The van der Waals surface area contributed by atoms with Crippen molar-refractivity contribution in [2.75, 3.05) is 7.11 Å². The fourth-order valence-electron chi connectivity index (χ4n) is 1.71. The van der Waals surface area contributed by atoms with E-state index >= 15 is 0 Å². The van der Waals surface area contributed by atoms with E-state index < -0.39 is 5.97 Å². The van der Waals surface area contributed by atoms with Crippen LogP contribution in [0.25, 0.3) is 20.9 Å². The van der Waals surface area contributed by atoms with E-state index in [0.717, 1.165) is 10.2 Å². The van der Waals surface area contributed by atoms with Gasteiger partial charge in [-0.2, -0.15) is 0 Å². The van der Waals surface area contributed by atoms with Crippen LogP contribution in [0.5, 0.6) is 0 Å². The van der Waals surface area contributed by atoms with Gasteiger partial charge in [0.15, 0.2) is 5.69 Å². The molecule has 0 radical (unpaired) electrons. The van der Waals surface area contributed by atoms with Crippen molar-refractivity contribution < 1.29 is 9.53 Å². The van der Waals surface area contributed by atoms with Crippen molar-refractivity contribution in [3.63, 3.8) is 0 Å². The van der Waals surface area contributed by atoms with E-state index in [1.54, 1.807) is 0 Å². The molecule has 0 spiro atoms. The molecule has 0 N–H and O–H groups in total. The number of benzene rings is 1. The van der Waals surface area contributed by atoms with E-state index in [2.05, 4.69) is 15.0 Å². The number of nitrogens with zero attached hydrogens (tertiary/aromatic N) is 3. The number of aromatic nitrogens is 3. The monoisotopic (exact) mass is 271 g/mol. The zero-order valence-corrected chi connectivity index (χ0v) is 10.8. The average molecular weight is 271 g/mol. The maximum absolute atomic E-state index is 11.7. The molecule has 0 unspecified atom stereocenters. The van der Waals surface area contributed by atoms with Crippen LogP contribution < -0.4 is 0 Å². The standard InChI is InChI=1S/C13H9N3O2S/c1-18-13(17)11-10(14-6-7-15-11)12-16-8-4-2-3-5-9(8)19-12/h2-7H,1H3. The minimum atomic E-state index is -0.512. The quantitative estimate of drug-likeness (QED) is 0.670. The lowest BCUT2D eigenvalue weighted by atomic mass is 10.3. The van der Waals surface area contributed by atoms with Crippen molar-refractivity contribution in [3.05, 3.63) is 42.4 Å². The van der Waals surface area contributed by atoms with Gasteiger partial charge >= 0.3 is 5.97 Å².